The summed E-state index contributed by atoms with van der Waals surface area (Å²) in [5.74, 6) is 2.48. The first-order valence-electron chi connectivity index (χ1n) is 9.80. The molecule has 7 nitrogen and oxygen atoms in total. The molecular formula is C21H23N7. The molecule has 4 aromatic rings. The Morgan fingerprint density at radius 1 is 1.18 bits per heavy atom. The number of aromatic nitrogens is 6. The Kier molecular flexibility index (Phi) is 4.07. The van der Waals surface area contributed by atoms with Crippen molar-refractivity contribution in [2.75, 3.05) is 5.32 Å². The molecule has 0 aliphatic heterocycles. The molecule has 142 valence electrons. The van der Waals surface area contributed by atoms with E-state index < -0.39 is 0 Å². The Morgan fingerprint density at radius 2 is 2.00 bits per heavy atom. The highest BCUT2D eigenvalue weighted by molar-refractivity contribution is 5.66. The summed E-state index contributed by atoms with van der Waals surface area (Å²) in [7, 11) is 0. The predicted octanol–water partition coefficient (Wildman–Crippen LogP) is 3.88. The molecule has 5 rings (SSSR count). The summed E-state index contributed by atoms with van der Waals surface area (Å²) >= 11 is 0. The number of hydrogen-bond acceptors (Lipinski definition) is 5. The number of hydrogen-bond donors (Lipinski definition) is 1. The third kappa shape index (κ3) is 3.02. The van der Waals surface area contributed by atoms with Crippen LogP contribution in [-0.2, 0) is 6.54 Å². The molecule has 0 radical (unpaired) electrons. The van der Waals surface area contributed by atoms with E-state index in [4.69, 9.17) is 4.98 Å². The molecule has 1 aromatic carbocycles. The minimum atomic E-state index is 0.112. The third-order valence-electron chi connectivity index (χ3n) is 5.24. The second-order valence-corrected chi connectivity index (χ2v) is 7.34. The maximum Gasteiger partial charge on any atom is 0.158 e. The summed E-state index contributed by atoms with van der Waals surface area (Å²) in [5, 5.41) is 12.7. The first kappa shape index (κ1) is 16.9. The normalized spacial score (nSPS) is 15.1. The molecular weight excluding hydrogens is 350 g/mol. The SMILES string of the molecule is CCn1ncnc1C(Nc1cc(-c2ccccc2)nc2cc(C)nn12)C1CC1. The van der Waals surface area contributed by atoms with Crippen molar-refractivity contribution in [3.8, 4) is 11.3 Å². The summed E-state index contributed by atoms with van der Waals surface area (Å²) in [6.45, 7) is 4.89. The average Bonchev–Trinajstić information content (AvgIpc) is 3.32. The summed E-state index contributed by atoms with van der Waals surface area (Å²) in [4.78, 5) is 9.37. The van der Waals surface area contributed by atoms with E-state index in [2.05, 4.69) is 45.6 Å². The fourth-order valence-corrected chi connectivity index (χ4v) is 3.69. The Morgan fingerprint density at radius 3 is 2.75 bits per heavy atom. The van der Waals surface area contributed by atoms with E-state index in [1.807, 2.05) is 40.4 Å². The van der Waals surface area contributed by atoms with E-state index in [0.29, 0.717) is 5.92 Å². The van der Waals surface area contributed by atoms with Gasteiger partial charge >= 0.3 is 0 Å². The summed E-state index contributed by atoms with van der Waals surface area (Å²) in [6.07, 6.45) is 4.05. The minimum Gasteiger partial charge on any atom is -0.360 e. The van der Waals surface area contributed by atoms with Gasteiger partial charge in [0.25, 0.3) is 0 Å². The van der Waals surface area contributed by atoms with Crippen LogP contribution < -0.4 is 5.32 Å². The van der Waals surface area contributed by atoms with Crippen LogP contribution in [0.1, 0.15) is 37.3 Å². The van der Waals surface area contributed by atoms with Crippen LogP contribution in [0.25, 0.3) is 16.9 Å². The molecule has 28 heavy (non-hydrogen) atoms. The maximum atomic E-state index is 4.82. The van der Waals surface area contributed by atoms with Crippen LogP contribution in [0.5, 0.6) is 0 Å². The van der Waals surface area contributed by atoms with Gasteiger partial charge < -0.3 is 5.32 Å². The number of benzene rings is 1. The zero-order valence-corrected chi connectivity index (χ0v) is 16.1. The molecule has 1 atom stereocenters. The van der Waals surface area contributed by atoms with Crippen molar-refractivity contribution in [1.29, 1.82) is 0 Å². The zero-order chi connectivity index (χ0) is 19.1. The summed E-state index contributed by atoms with van der Waals surface area (Å²) < 4.78 is 3.87. The van der Waals surface area contributed by atoms with Crippen molar-refractivity contribution < 1.29 is 0 Å². The lowest BCUT2D eigenvalue weighted by Gasteiger charge is -2.20. The molecule has 3 aromatic heterocycles. The van der Waals surface area contributed by atoms with E-state index >= 15 is 0 Å². The number of rotatable bonds is 6. The quantitative estimate of drug-likeness (QED) is 0.555. The van der Waals surface area contributed by atoms with E-state index in [1.54, 1.807) is 6.33 Å². The average molecular weight is 373 g/mol. The van der Waals surface area contributed by atoms with Crippen molar-refractivity contribution >= 4 is 11.5 Å². The molecule has 1 saturated carbocycles. The molecule has 0 amide bonds. The largest absolute Gasteiger partial charge is 0.360 e. The van der Waals surface area contributed by atoms with Gasteiger partial charge in [0.2, 0.25) is 0 Å². The van der Waals surface area contributed by atoms with Gasteiger partial charge in [-0.3, -0.25) is 0 Å². The van der Waals surface area contributed by atoms with Crippen LogP contribution >= 0.6 is 0 Å². The minimum absolute atomic E-state index is 0.112. The lowest BCUT2D eigenvalue weighted by molar-refractivity contribution is 0.543. The van der Waals surface area contributed by atoms with Crippen LogP contribution in [0.15, 0.2) is 48.8 Å². The van der Waals surface area contributed by atoms with Gasteiger partial charge in [-0.1, -0.05) is 30.3 Å². The van der Waals surface area contributed by atoms with E-state index in [9.17, 15) is 0 Å². The third-order valence-corrected chi connectivity index (χ3v) is 5.24. The van der Waals surface area contributed by atoms with Crippen LogP contribution in [0.2, 0.25) is 0 Å². The fourth-order valence-electron chi connectivity index (χ4n) is 3.69. The summed E-state index contributed by atoms with van der Waals surface area (Å²) in [6, 6.07) is 14.5. The first-order valence-corrected chi connectivity index (χ1v) is 9.80. The first-order chi connectivity index (χ1) is 13.7. The Labute approximate surface area is 163 Å². The van der Waals surface area contributed by atoms with Gasteiger partial charge in [-0.2, -0.15) is 14.7 Å². The van der Waals surface area contributed by atoms with Crippen LogP contribution in [-0.4, -0.2) is 29.4 Å². The van der Waals surface area contributed by atoms with Gasteiger partial charge in [0.1, 0.15) is 18.0 Å². The van der Waals surface area contributed by atoms with Crippen molar-refractivity contribution in [2.45, 2.75) is 39.3 Å². The second kappa shape index (κ2) is 6.74. The zero-order valence-electron chi connectivity index (χ0n) is 16.1. The van der Waals surface area contributed by atoms with Crippen LogP contribution in [0.3, 0.4) is 0 Å². The van der Waals surface area contributed by atoms with Crippen molar-refractivity contribution in [3.05, 3.63) is 60.3 Å². The van der Waals surface area contributed by atoms with Crippen molar-refractivity contribution in [3.63, 3.8) is 0 Å². The Balaban J connectivity index is 1.61. The molecule has 1 aliphatic rings. The topological polar surface area (TPSA) is 72.9 Å². The van der Waals surface area contributed by atoms with Gasteiger partial charge in [-0.15, -0.1) is 0 Å². The molecule has 1 fully saturated rings. The van der Waals surface area contributed by atoms with E-state index in [-0.39, 0.29) is 6.04 Å². The van der Waals surface area contributed by atoms with Crippen molar-refractivity contribution in [1.82, 2.24) is 29.4 Å². The number of anilines is 1. The number of nitrogens with zero attached hydrogens (tertiary/aromatic N) is 6. The van der Waals surface area contributed by atoms with Gasteiger partial charge in [0.05, 0.1) is 17.4 Å². The highest BCUT2D eigenvalue weighted by atomic mass is 15.4. The monoisotopic (exact) mass is 373 g/mol. The van der Waals surface area contributed by atoms with Crippen LogP contribution in [0, 0.1) is 12.8 Å². The molecule has 1 N–H and O–H groups in total. The lowest BCUT2D eigenvalue weighted by atomic mass is 10.1. The molecule has 0 saturated heterocycles. The van der Waals surface area contributed by atoms with E-state index in [0.717, 1.165) is 40.8 Å². The van der Waals surface area contributed by atoms with Gasteiger partial charge in [0, 0.05) is 24.2 Å². The Hall–Kier alpha value is -3.22. The standard InChI is InChI=1S/C21H23N7/c1-3-27-21(22-13-23-27)20(16-9-10-16)25-19-12-17(15-7-5-4-6-8-15)24-18-11-14(2)26-28(18)19/h4-8,11-13,16,20,25H,3,9-10H2,1-2H3. The molecule has 3 heterocycles. The number of fused-ring (bicyclic) bond motifs is 1. The summed E-state index contributed by atoms with van der Waals surface area (Å²) in [5.41, 5.74) is 3.81. The smallest absolute Gasteiger partial charge is 0.158 e. The molecule has 1 aliphatic carbocycles. The van der Waals surface area contributed by atoms with Crippen LogP contribution in [0.4, 0.5) is 5.82 Å². The highest BCUT2D eigenvalue weighted by Gasteiger charge is 2.35. The second-order valence-electron chi connectivity index (χ2n) is 7.34. The number of aryl methyl sites for hydroxylation is 2. The maximum absolute atomic E-state index is 4.82. The van der Waals surface area contributed by atoms with Gasteiger partial charge in [0.15, 0.2) is 5.65 Å². The van der Waals surface area contributed by atoms with Gasteiger partial charge in [-0.25, -0.2) is 14.6 Å². The van der Waals surface area contributed by atoms with Gasteiger partial charge in [-0.05, 0) is 32.6 Å². The predicted molar refractivity (Wildman–Crippen MR) is 108 cm³/mol. The Bertz CT molecular complexity index is 1110. The lowest BCUT2D eigenvalue weighted by Crippen LogP contribution is -2.20. The van der Waals surface area contributed by atoms with E-state index in [1.165, 1.54) is 12.8 Å². The highest BCUT2D eigenvalue weighted by Crippen LogP contribution is 2.42. The van der Waals surface area contributed by atoms with Crippen molar-refractivity contribution in [2.24, 2.45) is 5.92 Å². The molecule has 0 spiro atoms. The molecule has 7 heteroatoms. The molecule has 0 bridgehead atoms. The molecule has 1 unspecified atom stereocenters. The fraction of sp³-hybridized carbons (Fsp3) is 0.333. The number of nitrogens with one attached hydrogen (secondary N) is 1.